The van der Waals surface area contributed by atoms with Crippen LogP contribution in [0.15, 0.2) is 30.6 Å². The predicted molar refractivity (Wildman–Crippen MR) is 85.6 cm³/mol. The molecular formula is C16H16F3N5O. The number of carbonyl (C=O) groups is 1. The van der Waals surface area contributed by atoms with Gasteiger partial charge in [0, 0.05) is 38.6 Å². The summed E-state index contributed by atoms with van der Waals surface area (Å²) in [4.78, 5) is 24.2. The number of hydrogen-bond acceptors (Lipinski definition) is 5. The predicted octanol–water partition coefficient (Wildman–Crippen LogP) is 1.65. The number of nitrogens with one attached hydrogen (secondary N) is 1. The Morgan fingerprint density at radius 1 is 1.04 bits per heavy atom. The summed E-state index contributed by atoms with van der Waals surface area (Å²) in [6.07, 6.45) is 3.33. The number of hydrogen-bond donors (Lipinski definition) is 1. The van der Waals surface area contributed by atoms with Gasteiger partial charge in [0.2, 0.25) is 11.9 Å². The van der Waals surface area contributed by atoms with Crippen LogP contribution < -0.4 is 10.2 Å². The highest BCUT2D eigenvalue weighted by Gasteiger charge is 2.21. The van der Waals surface area contributed by atoms with Crippen molar-refractivity contribution >= 4 is 17.5 Å². The molecule has 0 aliphatic carbocycles. The van der Waals surface area contributed by atoms with Crippen LogP contribution in [0.25, 0.3) is 0 Å². The van der Waals surface area contributed by atoms with Crippen LogP contribution in [0.2, 0.25) is 0 Å². The van der Waals surface area contributed by atoms with E-state index in [-0.39, 0.29) is 12.2 Å². The molecule has 25 heavy (non-hydrogen) atoms. The van der Waals surface area contributed by atoms with E-state index in [9.17, 15) is 18.0 Å². The van der Waals surface area contributed by atoms with E-state index in [0.717, 1.165) is 12.1 Å². The molecular weight excluding hydrogens is 335 g/mol. The van der Waals surface area contributed by atoms with E-state index in [4.69, 9.17) is 0 Å². The molecule has 1 aromatic heterocycles. The first-order valence-corrected chi connectivity index (χ1v) is 7.72. The molecule has 0 atom stereocenters. The number of anilines is 2. The van der Waals surface area contributed by atoms with Gasteiger partial charge < -0.3 is 10.2 Å². The minimum Gasteiger partial charge on any atom is -0.338 e. The zero-order valence-electron chi connectivity index (χ0n) is 13.3. The molecule has 1 aliphatic rings. The van der Waals surface area contributed by atoms with Crippen molar-refractivity contribution in [2.45, 2.75) is 0 Å². The second kappa shape index (κ2) is 7.47. The van der Waals surface area contributed by atoms with Gasteiger partial charge in [-0.2, -0.15) is 0 Å². The fourth-order valence-electron chi connectivity index (χ4n) is 2.58. The Kier molecular flexibility index (Phi) is 5.13. The number of carbonyl (C=O) groups excluding carboxylic acids is 1. The van der Waals surface area contributed by atoms with Gasteiger partial charge in [-0.1, -0.05) is 0 Å². The van der Waals surface area contributed by atoms with E-state index in [1.165, 1.54) is 0 Å². The Balaban J connectivity index is 1.52. The Bertz CT molecular complexity index is 751. The SMILES string of the molecule is O=C(CN1CCN(c2ncccn2)CC1)Nc1ccc(F)c(F)c1F. The third-order valence-electron chi connectivity index (χ3n) is 3.88. The monoisotopic (exact) mass is 351 g/mol. The number of aromatic nitrogens is 2. The molecule has 1 fully saturated rings. The zero-order valence-corrected chi connectivity index (χ0v) is 13.3. The summed E-state index contributed by atoms with van der Waals surface area (Å²) in [5.74, 6) is -4.16. The van der Waals surface area contributed by atoms with Crippen LogP contribution in [-0.2, 0) is 4.79 Å². The zero-order chi connectivity index (χ0) is 17.8. The van der Waals surface area contributed by atoms with Crippen LogP contribution >= 0.6 is 0 Å². The third kappa shape index (κ3) is 4.05. The summed E-state index contributed by atoms with van der Waals surface area (Å²) >= 11 is 0. The first-order chi connectivity index (χ1) is 12.0. The van der Waals surface area contributed by atoms with Crippen LogP contribution in [0.3, 0.4) is 0 Å². The van der Waals surface area contributed by atoms with Gasteiger partial charge in [0.05, 0.1) is 12.2 Å². The Labute approximate surface area is 142 Å². The second-order valence-electron chi connectivity index (χ2n) is 5.58. The van der Waals surface area contributed by atoms with E-state index >= 15 is 0 Å². The summed E-state index contributed by atoms with van der Waals surface area (Å²) in [7, 11) is 0. The molecule has 1 aromatic carbocycles. The standard InChI is InChI=1S/C16H16F3N5O/c17-11-2-3-12(15(19)14(11)18)22-13(25)10-23-6-8-24(9-7-23)16-20-4-1-5-21-16/h1-5H,6-10H2,(H,22,25). The van der Waals surface area contributed by atoms with Gasteiger partial charge in [-0.3, -0.25) is 9.69 Å². The minimum absolute atomic E-state index is 0.0297. The molecule has 1 N–H and O–H groups in total. The molecule has 0 saturated carbocycles. The number of piperazine rings is 1. The van der Waals surface area contributed by atoms with Crippen molar-refractivity contribution in [2.75, 3.05) is 42.9 Å². The molecule has 0 radical (unpaired) electrons. The Morgan fingerprint density at radius 3 is 2.40 bits per heavy atom. The average Bonchev–Trinajstić information content (AvgIpc) is 2.63. The lowest BCUT2D eigenvalue weighted by atomic mass is 10.2. The van der Waals surface area contributed by atoms with Crippen LogP contribution in [0.5, 0.6) is 0 Å². The van der Waals surface area contributed by atoms with Gasteiger partial charge in [-0.15, -0.1) is 0 Å². The molecule has 1 saturated heterocycles. The topological polar surface area (TPSA) is 61.4 Å². The van der Waals surface area contributed by atoms with Gasteiger partial charge in [0.15, 0.2) is 17.5 Å². The fourth-order valence-corrected chi connectivity index (χ4v) is 2.58. The summed E-state index contributed by atoms with van der Waals surface area (Å²) in [5.41, 5.74) is -0.375. The van der Waals surface area contributed by atoms with Crippen LogP contribution in [0, 0.1) is 17.5 Å². The molecule has 0 spiro atoms. The van der Waals surface area contributed by atoms with E-state index < -0.39 is 23.4 Å². The average molecular weight is 351 g/mol. The molecule has 1 amide bonds. The van der Waals surface area contributed by atoms with E-state index in [1.54, 1.807) is 18.5 Å². The van der Waals surface area contributed by atoms with Gasteiger partial charge in [0.25, 0.3) is 0 Å². The van der Waals surface area contributed by atoms with Crippen molar-refractivity contribution in [2.24, 2.45) is 0 Å². The molecule has 6 nitrogen and oxygen atoms in total. The maximum atomic E-state index is 13.6. The molecule has 2 aromatic rings. The van der Waals surface area contributed by atoms with Crippen LogP contribution in [-0.4, -0.2) is 53.5 Å². The Hall–Kier alpha value is -2.68. The van der Waals surface area contributed by atoms with Crippen molar-refractivity contribution in [1.82, 2.24) is 14.9 Å². The highest BCUT2D eigenvalue weighted by molar-refractivity contribution is 5.92. The first-order valence-electron chi connectivity index (χ1n) is 7.72. The number of amides is 1. The molecule has 9 heteroatoms. The van der Waals surface area contributed by atoms with Crippen molar-refractivity contribution < 1.29 is 18.0 Å². The largest absolute Gasteiger partial charge is 0.338 e. The lowest BCUT2D eigenvalue weighted by molar-refractivity contribution is -0.117. The lowest BCUT2D eigenvalue weighted by Crippen LogP contribution is -2.49. The summed E-state index contributed by atoms with van der Waals surface area (Å²) in [6.45, 7) is 2.54. The van der Waals surface area contributed by atoms with Crippen molar-refractivity contribution in [1.29, 1.82) is 0 Å². The fraction of sp³-hybridized carbons (Fsp3) is 0.312. The molecule has 1 aliphatic heterocycles. The summed E-state index contributed by atoms with van der Waals surface area (Å²) in [6, 6.07) is 3.50. The molecule has 3 rings (SSSR count). The maximum Gasteiger partial charge on any atom is 0.238 e. The van der Waals surface area contributed by atoms with Gasteiger partial charge in [0.1, 0.15) is 0 Å². The lowest BCUT2D eigenvalue weighted by Gasteiger charge is -2.34. The Morgan fingerprint density at radius 2 is 1.72 bits per heavy atom. The summed E-state index contributed by atoms with van der Waals surface area (Å²) < 4.78 is 39.6. The first kappa shape index (κ1) is 17.2. The van der Waals surface area contributed by atoms with Crippen molar-refractivity contribution in [3.8, 4) is 0 Å². The van der Waals surface area contributed by atoms with Gasteiger partial charge in [-0.05, 0) is 18.2 Å². The van der Waals surface area contributed by atoms with Crippen LogP contribution in [0.1, 0.15) is 0 Å². The number of halogens is 3. The van der Waals surface area contributed by atoms with Gasteiger partial charge >= 0.3 is 0 Å². The number of rotatable bonds is 4. The molecule has 2 heterocycles. The maximum absolute atomic E-state index is 13.6. The quantitative estimate of drug-likeness (QED) is 0.849. The smallest absolute Gasteiger partial charge is 0.238 e. The van der Waals surface area contributed by atoms with Crippen molar-refractivity contribution in [3.05, 3.63) is 48.0 Å². The molecule has 132 valence electrons. The minimum atomic E-state index is -1.60. The third-order valence-corrected chi connectivity index (χ3v) is 3.88. The molecule has 0 bridgehead atoms. The van der Waals surface area contributed by atoms with Crippen molar-refractivity contribution in [3.63, 3.8) is 0 Å². The van der Waals surface area contributed by atoms with Crippen LogP contribution in [0.4, 0.5) is 24.8 Å². The highest BCUT2D eigenvalue weighted by Crippen LogP contribution is 2.19. The van der Waals surface area contributed by atoms with Gasteiger partial charge in [-0.25, -0.2) is 23.1 Å². The number of benzene rings is 1. The van der Waals surface area contributed by atoms with E-state index in [0.29, 0.717) is 32.1 Å². The highest BCUT2D eigenvalue weighted by atomic mass is 19.2. The second-order valence-corrected chi connectivity index (χ2v) is 5.58. The summed E-state index contributed by atoms with van der Waals surface area (Å²) in [5, 5.41) is 2.27. The van der Waals surface area contributed by atoms with E-state index in [1.807, 2.05) is 9.80 Å². The normalized spacial score (nSPS) is 15.2. The number of nitrogens with zero attached hydrogens (tertiary/aromatic N) is 4. The molecule has 0 unspecified atom stereocenters. The van der Waals surface area contributed by atoms with E-state index in [2.05, 4.69) is 15.3 Å².